The van der Waals surface area contributed by atoms with Gasteiger partial charge in [-0.15, -0.1) is 0 Å². The number of hydrogen-bond donors (Lipinski definition) is 2. The normalized spacial score (nSPS) is 27.4. The van der Waals surface area contributed by atoms with Gasteiger partial charge in [0.05, 0.1) is 6.10 Å². The van der Waals surface area contributed by atoms with Crippen molar-refractivity contribution in [2.45, 2.75) is 82.9 Å². The van der Waals surface area contributed by atoms with Crippen LogP contribution in [-0.2, 0) is 0 Å². The summed E-state index contributed by atoms with van der Waals surface area (Å²) >= 11 is 0. The molecule has 0 aromatic carbocycles. The van der Waals surface area contributed by atoms with Crippen LogP contribution in [0.25, 0.3) is 11.0 Å². The van der Waals surface area contributed by atoms with E-state index in [-0.39, 0.29) is 6.10 Å². The van der Waals surface area contributed by atoms with E-state index in [0.717, 1.165) is 63.2 Å². The minimum absolute atomic E-state index is 0.136. The van der Waals surface area contributed by atoms with Crippen LogP contribution in [0.15, 0.2) is 12.4 Å². The van der Waals surface area contributed by atoms with Crippen LogP contribution >= 0.6 is 0 Å². The smallest absolute Gasteiger partial charge is 0.224 e. The standard InChI is InChI=1S/C22H35N5O/c1-4-5-15(2)24-22-23-12-19-20(16-10-11-26(3)13-16)14-27(21(19)25-22)17-6-8-18(28)9-7-17/h12,14-18,28H,4-11,13H2,1-3H3,(H,23,24,25)/t15-,16?,17-,18-/m0/s1. The van der Waals surface area contributed by atoms with Crippen molar-refractivity contribution in [1.82, 2.24) is 19.4 Å². The van der Waals surface area contributed by atoms with Gasteiger partial charge in [-0.3, -0.25) is 0 Å². The summed E-state index contributed by atoms with van der Waals surface area (Å²) in [5.41, 5.74) is 2.46. The van der Waals surface area contributed by atoms with Gasteiger partial charge in [-0.1, -0.05) is 13.3 Å². The van der Waals surface area contributed by atoms with Crippen LogP contribution in [0.2, 0.25) is 0 Å². The highest BCUT2D eigenvalue weighted by molar-refractivity contribution is 5.81. The first-order valence-corrected chi connectivity index (χ1v) is 11.1. The molecule has 6 heteroatoms. The van der Waals surface area contributed by atoms with Crippen LogP contribution < -0.4 is 5.32 Å². The molecule has 3 heterocycles. The topological polar surface area (TPSA) is 66.2 Å². The third-order valence-electron chi connectivity index (χ3n) is 6.59. The second-order valence-corrected chi connectivity index (χ2v) is 8.97. The molecule has 1 saturated carbocycles. The van der Waals surface area contributed by atoms with Crippen molar-refractivity contribution >= 4 is 17.0 Å². The third kappa shape index (κ3) is 4.03. The number of anilines is 1. The van der Waals surface area contributed by atoms with E-state index in [1.807, 2.05) is 6.20 Å². The number of nitrogens with zero attached hydrogens (tertiary/aromatic N) is 4. The number of rotatable bonds is 6. The fraction of sp³-hybridized carbons (Fsp3) is 0.727. The molecule has 1 aliphatic heterocycles. The van der Waals surface area contributed by atoms with E-state index < -0.39 is 0 Å². The van der Waals surface area contributed by atoms with Crippen molar-refractivity contribution < 1.29 is 5.11 Å². The van der Waals surface area contributed by atoms with Crippen molar-refractivity contribution in [3.8, 4) is 0 Å². The quantitative estimate of drug-likeness (QED) is 0.789. The highest BCUT2D eigenvalue weighted by Crippen LogP contribution is 2.37. The van der Waals surface area contributed by atoms with Crippen molar-refractivity contribution in [3.63, 3.8) is 0 Å². The van der Waals surface area contributed by atoms with Crippen LogP contribution in [0.1, 0.15) is 76.3 Å². The monoisotopic (exact) mass is 385 g/mol. The van der Waals surface area contributed by atoms with Crippen molar-refractivity contribution in [2.24, 2.45) is 0 Å². The summed E-state index contributed by atoms with van der Waals surface area (Å²) in [7, 11) is 2.20. The maximum absolute atomic E-state index is 9.94. The number of likely N-dealkylation sites (N-methyl/N-ethyl adjacent to an activating group) is 1. The Kier molecular flexibility index (Phi) is 5.88. The van der Waals surface area contributed by atoms with Crippen LogP contribution in [0.5, 0.6) is 0 Å². The predicted octanol–water partition coefficient (Wildman–Crippen LogP) is 3.93. The molecule has 1 saturated heterocycles. The molecule has 0 bridgehead atoms. The van der Waals surface area contributed by atoms with Gasteiger partial charge in [0.2, 0.25) is 5.95 Å². The number of aromatic nitrogens is 3. The minimum atomic E-state index is -0.136. The van der Waals surface area contributed by atoms with E-state index in [4.69, 9.17) is 4.98 Å². The summed E-state index contributed by atoms with van der Waals surface area (Å²) in [6.45, 7) is 6.66. The van der Waals surface area contributed by atoms with Crippen LogP contribution in [0.4, 0.5) is 5.95 Å². The van der Waals surface area contributed by atoms with E-state index in [1.165, 1.54) is 17.4 Å². The molecule has 2 aromatic heterocycles. The van der Waals surface area contributed by atoms with Gasteiger partial charge >= 0.3 is 0 Å². The summed E-state index contributed by atoms with van der Waals surface area (Å²) in [5, 5.41) is 14.6. The number of aliphatic hydroxyl groups is 1. The van der Waals surface area contributed by atoms with Gasteiger partial charge in [0.1, 0.15) is 5.65 Å². The number of hydrogen-bond acceptors (Lipinski definition) is 5. The van der Waals surface area contributed by atoms with E-state index in [9.17, 15) is 5.11 Å². The Morgan fingerprint density at radius 2 is 2.04 bits per heavy atom. The summed E-state index contributed by atoms with van der Waals surface area (Å²) in [4.78, 5) is 12.0. The van der Waals surface area contributed by atoms with Gasteiger partial charge in [0, 0.05) is 42.3 Å². The third-order valence-corrected chi connectivity index (χ3v) is 6.59. The molecular weight excluding hydrogens is 350 g/mol. The zero-order valence-corrected chi connectivity index (χ0v) is 17.6. The highest BCUT2D eigenvalue weighted by Gasteiger charge is 2.28. The molecule has 154 valence electrons. The zero-order chi connectivity index (χ0) is 19.7. The Hall–Kier alpha value is -1.66. The molecule has 6 nitrogen and oxygen atoms in total. The van der Waals surface area contributed by atoms with Gasteiger partial charge in [0.25, 0.3) is 0 Å². The maximum Gasteiger partial charge on any atom is 0.224 e. The lowest BCUT2D eigenvalue weighted by Gasteiger charge is -2.27. The molecule has 2 aromatic rings. The molecule has 2 fully saturated rings. The second-order valence-electron chi connectivity index (χ2n) is 8.97. The van der Waals surface area contributed by atoms with Crippen LogP contribution in [0, 0.1) is 0 Å². The lowest BCUT2D eigenvalue weighted by atomic mass is 9.93. The van der Waals surface area contributed by atoms with Crippen molar-refractivity contribution in [2.75, 3.05) is 25.5 Å². The first-order chi connectivity index (χ1) is 13.5. The molecule has 2 aliphatic rings. The average molecular weight is 386 g/mol. The van der Waals surface area contributed by atoms with Gasteiger partial charge in [0.15, 0.2) is 0 Å². The second kappa shape index (κ2) is 8.37. The predicted molar refractivity (Wildman–Crippen MR) is 114 cm³/mol. The lowest BCUT2D eigenvalue weighted by Crippen LogP contribution is -2.21. The van der Waals surface area contributed by atoms with Crippen LogP contribution in [0.3, 0.4) is 0 Å². The Bertz CT molecular complexity index is 796. The van der Waals surface area contributed by atoms with E-state index >= 15 is 0 Å². The Labute approximate surface area is 168 Å². The number of aliphatic hydroxyl groups excluding tert-OH is 1. The molecule has 2 N–H and O–H groups in total. The number of nitrogens with one attached hydrogen (secondary N) is 1. The zero-order valence-electron chi connectivity index (χ0n) is 17.6. The summed E-state index contributed by atoms with van der Waals surface area (Å²) in [5.74, 6) is 1.29. The first-order valence-electron chi connectivity index (χ1n) is 11.1. The maximum atomic E-state index is 9.94. The fourth-order valence-corrected chi connectivity index (χ4v) is 4.98. The molecule has 4 rings (SSSR count). The minimum Gasteiger partial charge on any atom is -0.393 e. The fourth-order valence-electron chi connectivity index (χ4n) is 4.98. The Morgan fingerprint density at radius 3 is 2.71 bits per heavy atom. The van der Waals surface area contributed by atoms with Crippen LogP contribution in [-0.4, -0.2) is 56.8 Å². The molecule has 0 spiro atoms. The number of fused-ring (bicyclic) bond motifs is 1. The molecule has 0 amide bonds. The lowest BCUT2D eigenvalue weighted by molar-refractivity contribution is 0.111. The molecule has 2 atom stereocenters. The highest BCUT2D eigenvalue weighted by atomic mass is 16.3. The van der Waals surface area contributed by atoms with E-state index in [0.29, 0.717) is 18.0 Å². The van der Waals surface area contributed by atoms with Gasteiger partial charge in [-0.05, 0) is 64.6 Å². The summed E-state index contributed by atoms with van der Waals surface area (Å²) in [6.07, 6.45) is 11.5. The molecule has 1 aliphatic carbocycles. The molecular formula is C22H35N5O. The molecule has 28 heavy (non-hydrogen) atoms. The molecule has 0 radical (unpaired) electrons. The van der Waals surface area contributed by atoms with Gasteiger partial charge in [-0.2, -0.15) is 4.98 Å². The van der Waals surface area contributed by atoms with Gasteiger partial charge < -0.3 is 19.9 Å². The number of likely N-dealkylation sites (tertiary alicyclic amines) is 1. The van der Waals surface area contributed by atoms with E-state index in [2.05, 4.69) is 46.9 Å². The summed E-state index contributed by atoms with van der Waals surface area (Å²) < 4.78 is 2.40. The van der Waals surface area contributed by atoms with Gasteiger partial charge in [-0.25, -0.2) is 4.98 Å². The molecule has 1 unspecified atom stereocenters. The summed E-state index contributed by atoms with van der Waals surface area (Å²) in [6, 6.07) is 0.799. The van der Waals surface area contributed by atoms with E-state index in [1.54, 1.807) is 0 Å². The largest absolute Gasteiger partial charge is 0.393 e. The van der Waals surface area contributed by atoms with Crippen molar-refractivity contribution in [1.29, 1.82) is 0 Å². The Morgan fingerprint density at radius 1 is 1.25 bits per heavy atom. The SMILES string of the molecule is CCC[C@H](C)Nc1ncc2c(C3CCN(C)C3)cn([C@H]3CC[C@H](O)CC3)c2n1. The average Bonchev–Trinajstić information content (AvgIpc) is 3.26. The Balaban J connectivity index is 1.69. The van der Waals surface area contributed by atoms with Crippen molar-refractivity contribution in [3.05, 3.63) is 18.0 Å². The first kappa shape index (κ1) is 19.6.